The van der Waals surface area contributed by atoms with E-state index in [2.05, 4.69) is 5.32 Å². The lowest BCUT2D eigenvalue weighted by molar-refractivity contribution is -0.139. The van der Waals surface area contributed by atoms with Crippen LogP contribution in [0.25, 0.3) is 0 Å². The molecular weight excluding hydrogens is 276 g/mol. The Balaban J connectivity index is 0.00000200. The molecular formula is C15H29ClN2O2. The minimum atomic E-state index is -0.295. The van der Waals surface area contributed by atoms with E-state index in [0.717, 1.165) is 19.3 Å². The summed E-state index contributed by atoms with van der Waals surface area (Å²) in [7, 11) is 0. The first kappa shape index (κ1) is 17.7. The monoisotopic (exact) mass is 304 g/mol. The molecule has 1 amide bonds. The van der Waals surface area contributed by atoms with Gasteiger partial charge in [0, 0.05) is 12.6 Å². The maximum Gasteiger partial charge on any atom is 0.249 e. The van der Waals surface area contributed by atoms with Gasteiger partial charge in [0.15, 0.2) is 0 Å². The first-order valence-electron chi connectivity index (χ1n) is 7.90. The van der Waals surface area contributed by atoms with Gasteiger partial charge in [-0.2, -0.15) is 0 Å². The second-order valence-electron chi connectivity index (χ2n) is 5.98. The molecule has 0 aromatic carbocycles. The summed E-state index contributed by atoms with van der Waals surface area (Å²) >= 11 is 0. The van der Waals surface area contributed by atoms with Gasteiger partial charge in [0.1, 0.15) is 6.10 Å². The largest absolute Gasteiger partial charge is 0.365 e. The van der Waals surface area contributed by atoms with Crippen molar-refractivity contribution in [1.82, 2.24) is 5.32 Å². The van der Waals surface area contributed by atoms with E-state index in [0.29, 0.717) is 12.5 Å². The Bertz CT molecular complexity index is 292. The molecule has 20 heavy (non-hydrogen) atoms. The Hall–Kier alpha value is -0.320. The summed E-state index contributed by atoms with van der Waals surface area (Å²) in [6, 6.07) is 0.150. The van der Waals surface area contributed by atoms with Gasteiger partial charge in [-0.1, -0.05) is 26.2 Å². The number of halogens is 1. The zero-order chi connectivity index (χ0) is 13.7. The number of rotatable bonds is 7. The smallest absolute Gasteiger partial charge is 0.249 e. The van der Waals surface area contributed by atoms with Crippen LogP contribution in [0.5, 0.6) is 0 Å². The Kier molecular flexibility index (Phi) is 7.85. The van der Waals surface area contributed by atoms with Crippen LogP contribution in [0.15, 0.2) is 0 Å². The van der Waals surface area contributed by atoms with Gasteiger partial charge in [0.25, 0.3) is 0 Å². The fraction of sp³-hybridized carbons (Fsp3) is 0.933. The normalized spacial score (nSPS) is 22.7. The number of ether oxygens (including phenoxy) is 1. The van der Waals surface area contributed by atoms with Crippen LogP contribution < -0.4 is 11.1 Å². The number of hydrogen-bond donors (Lipinski definition) is 2. The summed E-state index contributed by atoms with van der Waals surface area (Å²) in [5.74, 6) is 0.636. The highest BCUT2D eigenvalue weighted by molar-refractivity contribution is 5.85. The standard InChI is InChI=1S/C15H28N2O2.ClH/c1-2-14(19-12-6-4-3-5-7-12)15(18)17-13(10-16)11-8-9-11;/h11-14H,2-10,16H2,1H3,(H,17,18);1H. The summed E-state index contributed by atoms with van der Waals surface area (Å²) in [6.45, 7) is 2.55. The summed E-state index contributed by atoms with van der Waals surface area (Å²) in [4.78, 5) is 12.3. The molecule has 0 heterocycles. The molecule has 0 spiro atoms. The van der Waals surface area contributed by atoms with Crippen LogP contribution in [0.2, 0.25) is 0 Å². The molecule has 0 bridgehead atoms. The fourth-order valence-corrected chi connectivity index (χ4v) is 2.92. The van der Waals surface area contributed by atoms with Crippen LogP contribution in [-0.4, -0.2) is 30.7 Å². The van der Waals surface area contributed by atoms with Crippen LogP contribution in [0.1, 0.15) is 58.3 Å². The second-order valence-corrected chi connectivity index (χ2v) is 5.98. The summed E-state index contributed by atoms with van der Waals surface area (Å²) in [6.07, 6.45) is 9.10. The van der Waals surface area contributed by atoms with Crippen molar-refractivity contribution in [3.8, 4) is 0 Å². The maximum absolute atomic E-state index is 12.3. The van der Waals surface area contributed by atoms with Crippen LogP contribution >= 0.6 is 12.4 Å². The number of hydrogen-bond acceptors (Lipinski definition) is 3. The molecule has 2 aliphatic carbocycles. The number of carbonyl (C=O) groups is 1. The molecule has 3 N–H and O–H groups in total. The van der Waals surface area contributed by atoms with E-state index in [4.69, 9.17) is 10.5 Å². The van der Waals surface area contributed by atoms with E-state index < -0.39 is 0 Å². The zero-order valence-electron chi connectivity index (χ0n) is 12.5. The lowest BCUT2D eigenvalue weighted by Crippen LogP contribution is -2.47. The van der Waals surface area contributed by atoms with Crippen molar-refractivity contribution in [1.29, 1.82) is 0 Å². The van der Waals surface area contributed by atoms with Crippen LogP contribution in [0.3, 0.4) is 0 Å². The molecule has 0 radical (unpaired) electrons. The molecule has 0 aromatic rings. The van der Waals surface area contributed by atoms with E-state index in [9.17, 15) is 4.79 Å². The third-order valence-electron chi connectivity index (χ3n) is 4.34. The molecule has 2 saturated carbocycles. The second kappa shape index (κ2) is 8.85. The molecule has 2 unspecified atom stereocenters. The lowest BCUT2D eigenvalue weighted by Gasteiger charge is -2.27. The Labute approximate surface area is 128 Å². The third-order valence-corrected chi connectivity index (χ3v) is 4.34. The summed E-state index contributed by atoms with van der Waals surface area (Å²) in [5.41, 5.74) is 5.73. The minimum absolute atomic E-state index is 0. The van der Waals surface area contributed by atoms with E-state index in [1.54, 1.807) is 0 Å². The molecule has 5 heteroatoms. The number of amides is 1. The van der Waals surface area contributed by atoms with Gasteiger partial charge in [-0.15, -0.1) is 12.4 Å². The molecule has 2 aliphatic rings. The van der Waals surface area contributed by atoms with E-state index in [1.165, 1.54) is 32.1 Å². The SMILES string of the molecule is CCC(OC1CCCCC1)C(=O)NC(CN)C1CC1.Cl. The lowest BCUT2D eigenvalue weighted by atomic mass is 9.97. The zero-order valence-corrected chi connectivity index (χ0v) is 13.3. The molecule has 0 aromatic heterocycles. The van der Waals surface area contributed by atoms with Crippen LogP contribution in [-0.2, 0) is 9.53 Å². The van der Waals surface area contributed by atoms with Crippen molar-refractivity contribution < 1.29 is 9.53 Å². The summed E-state index contributed by atoms with van der Waals surface area (Å²) in [5, 5.41) is 3.08. The molecule has 0 saturated heterocycles. The quantitative estimate of drug-likeness (QED) is 0.759. The predicted molar refractivity (Wildman–Crippen MR) is 83.0 cm³/mol. The average molecular weight is 305 g/mol. The number of carbonyl (C=O) groups excluding carboxylic acids is 1. The predicted octanol–water partition coefficient (Wildman–Crippen LogP) is 2.39. The molecule has 4 nitrogen and oxygen atoms in total. The van der Waals surface area contributed by atoms with Gasteiger partial charge in [-0.25, -0.2) is 0 Å². The first-order chi connectivity index (χ1) is 9.24. The molecule has 2 rings (SSSR count). The number of nitrogens with one attached hydrogen (secondary N) is 1. The Morgan fingerprint density at radius 2 is 1.90 bits per heavy atom. The van der Waals surface area contributed by atoms with E-state index >= 15 is 0 Å². The van der Waals surface area contributed by atoms with Crippen molar-refractivity contribution in [3.63, 3.8) is 0 Å². The van der Waals surface area contributed by atoms with Gasteiger partial charge >= 0.3 is 0 Å². The maximum atomic E-state index is 12.3. The van der Waals surface area contributed by atoms with Crippen molar-refractivity contribution >= 4 is 18.3 Å². The third kappa shape index (κ3) is 5.23. The van der Waals surface area contributed by atoms with Crippen molar-refractivity contribution in [3.05, 3.63) is 0 Å². The van der Waals surface area contributed by atoms with Gasteiger partial charge in [0.05, 0.1) is 6.10 Å². The van der Waals surface area contributed by atoms with Crippen molar-refractivity contribution in [2.75, 3.05) is 6.54 Å². The summed E-state index contributed by atoms with van der Waals surface area (Å²) < 4.78 is 6.00. The van der Waals surface area contributed by atoms with Crippen molar-refractivity contribution in [2.45, 2.75) is 76.5 Å². The molecule has 0 aliphatic heterocycles. The minimum Gasteiger partial charge on any atom is -0.365 e. The van der Waals surface area contributed by atoms with E-state index in [1.807, 2.05) is 6.92 Å². The Morgan fingerprint density at radius 3 is 2.40 bits per heavy atom. The van der Waals surface area contributed by atoms with Crippen molar-refractivity contribution in [2.24, 2.45) is 11.7 Å². The van der Waals surface area contributed by atoms with Crippen LogP contribution in [0, 0.1) is 5.92 Å². The highest BCUT2D eigenvalue weighted by Crippen LogP contribution is 2.32. The molecule has 2 fully saturated rings. The van der Waals surface area contributed by atoms with Gasteiger partial charge in [-0.05, 0) is 38.0 Å². The van der Waals surface area contributed by atoms with Gasteiger partial charge < -0.3 is 15.8 Å². The molecule has 2 atom stereocenters. The van der Waals surface area contributed by atoms with Crippen LogP contribution in [0.4, 0.5) is 0 Å². The highest BCUT2D eigenvalue weighted by atomic mass is 35.5. The highest BCUT2D eigenvalue weighted by Gasteiger charge is 2.33. The van der Waals surface area contributed by atoms with Gasteiger partial charge in [0.2, 0.25) is 5.91 Å². The number of nitrogens with two attached hydrogens (primary N) is 1. The average Bonchev–Trinajstić information content (AvgIpc) is 3.27. The molecule has 118 valence electrons. The Morgan fingerprint density at radius 1 is 1.25 bits per heavy atom. The first-order valence-corrected chi connectivity index (χ1v) is 7.90. The van der Waals surface area contributed by atoms with E-state index in [-0.39, 0.29) is 36.6 Å². The topological polar surface area (TPSA) is 64.3 Å². The van der Waals surface area contributed by atoms with Gasteiger partial charge in [-0.3, -0.25) is 4.79 Å². The fourth-order valence-electron chi connectivity index (χ4n) is 2.92.